The quantitative estimate of drug-likeness (QED) is 0.898. The molecule has 0 spiro atoms. The fourth-order valence-electron chi connectivity index (χ4n) is 2.43. The Morgan fingerprint density at radius 2 is 2.00 bits per heavy atom. The molecule has 1 aromatic rings. The fourth-order valence-corrected chi connectivity index (χ4v) is 2.43. The molecule has 0 amide bonds. The van der Waals surface area contributed by atoms with Crippen molar-refractivity contribution in [2.24, 2.45) is 5.73 Å². The molecular formula is C13H19F2N3. The first kappa shape index (κ1) is 13.2. The summed E-state index contributed by atoms with van der Waals surface area (Å²) in [6.45, 7) is 1.74. The van der Waals surface area contributed by atoms with Gasteiger partial charge in [0.25, 0.3) is 0 Å². The number of pyridine rings is 1. The van der Waals surface area contributed by atoms with Gasteiger partial charge in [-0.15, -0.1) is 0 Å². The Hall–Kier alpha value is -1.23. The van der Waals surface area contributed by atoms with Crippen molar-refractivity contribution >= 4 is 5.82 Å². The molecule has 1 fully saturated rings. The summed E-state index contributed by atoms with van der Waals surface area (Å²) in [5.41, 5.74) is 6.06. The molecule has 0 aliphatic carbocycles. The summed E-state index contributed by atoms with van der Waals surface area (Å²) in [5.74, 6) is -0.233. The first-order valence-corrected chi connectivity index (χ1v) is 6.42. The van der Waals surface area contributed by atoms with Crippen LogP contribution >= 0.6 is 0 Å². The molecule has 1 saturated heterocycles. The highest BCUT2D eigenvalue weighted by molar-refractivity contribution is 5.49. The van der Waals surface area contributed by atoms with Gasteiger partial charge in [-0.1, -0.05) is 6.07 Å². The third-order valence-electron chi connectivity index (χ3n) is 3.43. The van der Waals surface area contributed by atoms with Gasteiger partial charge in [0, 0.05) is 31.4 Å². The van der Waals surface area contributed by atoms with E-state index in [1.165, 1.54) is 6.42 Å². The van der Waals surface area contributed by atoms with Crippen LogP contribution in [-0.2, 0) is 0 Å². The number of nitrogens with zero attached hydrogens (tertiary/aromatic N) is 2. The molecule has 1 aliphatic rings. The van der Waals surface area contributed by atoms with Gasteiger partial charge in [-0.3, -0.25) is 0 Å². The molecule has 2 N–H and O–H groups in total. The zero-order valence-corrected chi connectivity index (χ0v) is 10.4. The largest absolute Gasteiger partial charge is 0.356 e. The van der Waals surface area contributed by atoms with Crippen molar-refractivity contribution in [3.8, 4) is 0 Å². The Morgan fingerprint density at radius 3 is 2.61 bits per heavy atom. The predicted octanol–water partition coefficient (Wildman–Crippen LogP) is 2.38. The van der Waals surface area contributed by atoms with Crippen LogP contribution in [-0.4, -0.2) is 31.0 Å². The molecule has 5 heteroatoms. The lowest BCUT2D eigenvalue weighted by atomic mass is 9.99. The fraction of sp³-hybridized carbons (Fsp3) is 0.615. The number of hydrogen-bond donors (Lipinski definition) is 1. The molecule has 1 aromatic heterocycles. The van der Waals surface area contributed by atoms with E-state index >= 15 is 0 Å². The molecule has 100 valence electrons. The molecule has 1 unspecified atom stereocenters. The minimum absolute atomic E-state index is 0.0514. The molecule has 2 rings (SSSR count). The molecule has 0 aromatic carbocycles. The number of alkyl halides is 2. The van der Waals surface area contributed by atoms with E-state index in [-0.39, 0.29) is 6.54 Å². The lowest BCUT2D eigenvalue weighted by Gasteiger charge is -2.31. The van der Waals surface area contributed by atoms with Crippen molar-refractivity contribution in [3.05, 3.63) is 23.9 Å². The minimum Gasteiger partial charge on any atom is -0.356 e. The summed E-state index contributed by atoms with van der Waals surface area (Å²) < 4.78 is 26.0. The highest BCUT2D eigenvalue weighted by Gasteiger charge is 2.26. The maximum atomic E-state index is 13.0. The average molecular weight is 255 g/mol. The molecule has 1 aliphatic heterocycles. The Kier molecular flexibility index (Phi) is 4.47. The number of halogens is 2. The zero-order chi connectivity index (χ0) is 13.0. The van der Waals surface area contributed by atoms with Crippen molar-refractivity contribution in [1.29, 1.82) is 0 Å². The van der Waals surface area contributed by atoms with Crippen LogP contribution in [0.25, 0.3) is 0 Å². The van der Waals surface area contributed by atoms with E-state index in [9.17, 15) is 8.78 Å². The molecule has 18 heavy (non-hydrogen) atoms. The monoisotopic (exact) mass is 255 g/mol. The average Bonchev–Trinajstić information content (AvgIpc) is 2.41. The smallest absolute Gasteiger partial charge is 0.246 e. The van der Waals surface area contributed by atoms with E-state index in [2.05, 4.69) is 9.88 Å². The number of aromatic nitrogens is 1. The van der Waals surface area contributed by atoms with E-state index in [1.54, 1.807) is 18.3 Å². The van der Waals surface area contributed by atoms with Gasteiger partial charge in [0.2, 0.25) is 6.43 Å². The second-order valence-corrected chi connectivity index (χ2v) is 4.64. The van der Waals surface area contributed by atoms with Crippen molar-refractivity contribution in [2.75, 3.05) is 24.5 Å². The predicted molar refractivity (Wildman–Crippen MR) is 68.1 cm³/mol. The Labute approximate surface area is 106 Å². The number of rotatable bonds is 4. The first-order chi connectivity index (χ1) is 8.74. The summed E-state index contributed by atoms with van der Waals surface area (Å²) in [5, 5.41) is 0. The van der Waals surface area contributed by atoms with E-state index in [0.717, 1.165) is 25.9 Å². The van der Waals surface area contributed by atoms with Crippen molar-refractivity contribution in [2.45, 2.75) is 31.6 Å². The van der Waals surface area contributed by atoms with Gasteiger partial charge >= 0.3 is 0 Å². The SMILES string of the molecule is NCC(c1cccnc1N1CCCCC1)C(F)F. The van der Waals surface area contributed by atoms with E-state index < -0.39 is 12.3 Å². The van der Waals surface area contributed by atoms with Crippen molar-refractivity contribution in [1.82, 2.24) is 4.98 Å². The molecule has 2 heterocycles. The van der Waals surface area contributed by atoms with Crippen LogP contribution in [0.4, 0.5) is 14.6 Å². The Morgan fingerprint density at radius 1 is 1.28 bits per heavy atom. The summed E-state index contributed by atoms with van der Waals surface area (Å²) >= 11 is 0. The molecule has 0 radical (unpaired) electrons. The summed E-state index contributed by atoms with van der Waals surface area (Å²) in [6.07, 6.45) is 2.61. The van der Waals surface area contributed by atoms with Gasteiger partial charge in [0.05, 0.1) is 5.92 Å². The normalized spacial score (nSPS) is 18.1. The molecule has 3 nitrogen and oxygen atoms in total. The second-order valence-electron chi connectivity index (χ2n) is 4.64. The van der Waals surface area contributed by atoms with Crippen LogP contribution in [0.1, 0.15) is 30.7 Å². The molecule has 1 atom stereocenters. The molecular weight excluding hydrogens is 236 g/mol. The van der Waals surface area contributed by atoms with Crippen LogP contribution in [0.2, 0.25) is 0 Å². The standard InChI is InChI=1S/C13H19F2N3/c14-12(15)11(9-16)10-5-4-6-17-13(10)18-7-2-1-3-8-18/h4-6,11-12H,1-3,7-9,16H2. The lowest BCUT2D eigenvalue weighted by molar-refractivity contribution is 0.117. The van der Waals surface area contributed by atoms with Gasteiger partial charge in [0.15, 0.2) is 0 Å². The summed E-state index contributed by atoms with van der Waals surface area (Å²) in [7, 11) is 0. The maximum absolute atomic E-state index is 13.0. The highest BCUT2D eigenvalue weighted by atomic mass is 19.3. The van der Waals surface area contributed by atoms with Crippen LogP contribution in [0, 0.1) is 0 Å². The molecule has 0 bridgehead atoms. The van der Waals surface area contributed by atoms with Crippen molar-refractivity contribution in [3.63, 3.8) is 0 Å². The number of nitrogens with two attached hydrogens (primary N) is 1. The summed E-state index contributed by atoms with van der Waals surface area (Å²) in [4.78, 5) is 6.39. The topological polar surface area (TPSA) is 42.1 Å². The number of piperidine rings is 1. The van der Waals surface area contributed by atoms with Crippen LogP contribution in [0.3, 0.4) is 0 Å². The maximum Gasteiger partial charge on any atom is 0.246 e. The van der Waals surface area contributed by atoms with Gasteiger partial charge in [-0.2, -0.15) is 0 Å². The zero-order valence-electron chi connectivity index (χ0n) is 10.4. The lowest BCUT2D eigenvalue weighted by Crippen LogP contribution is -2.32. The number of anilines is 1. The summed E-state index contributed by atoms with van der Waals surface area (Å²) in [6, 6.07) is 3.43. The first-order valence-electron chi connectivity index (χ1n) is 6.42. The second kappa shape index (κ2) is 6.09. The van der Waals surface area contributed by atoms with Crippen LogP contribution in [0.15, 0.2) is 18.3 Å². The molecule has 0 saturated carbocycles. The van der Waals surface area contributed by atoms with Gasteiger partial charge in [0.1, 0.15) is 5.82 Å². The van der Waals surface area contributed by atoms with Gasteiger partial charge in [-0.25, -0.2) is 13.8 Å². The Balaban J connectivity index is 2.29. The number of hydrogen-bond acceptors (Lipinski definition) is 3. The van der Waals surface area contributed by atoms with Gasteiger partial charge < -0.3 is 10.6 Å². The van der Waals surface area contributed by atoms with Crippen LogP contribution in [0.5, 0.6) is 0 Å². The van der Waals surface area contributed by atoms with E-state index in [4.69, 9.17) is 5.73 Å². The van der Waals surface area contributed by atoms with Crippen molar-refractivity contribution < 1.29 is 8.78 Å². The minimum atomic E-state index is -2.44. The van der Waals surface area contributed by atoms with E-state index in [1.807, 2.05) is 0 Å². The third-order valence-corrected chi connectivity index (χ3v) is 3.43. The van der Waals surface area contributed by atoms with Crippen LogP contribution < -0.4 is 10.6 Å². The Bertz CT molecular complexity index is 378. The van der Waals surface area contributed by atoms with Gasteiger partial charge in [-0.05, 0) is 25.3 Å². The third kappa shape index (κ3) is 2.77. The highest BCUT2D eigenvalue weighted by Crippen LogP contribution is 2.30. The van der Waals surface area contributed by atoms with E-state index in [0.29, 0.717) is 11.4 Å².